The lowest BCUT2D eigenvalue weighted by Crippen LogP contribution is -2.03. The monoisotopic (exact) mass is 346 g/mol. The van der Waals surface area contributed by atoms with Crippen molar-refractivity contribution in [3.05, 3.63) is 0 Å². The SMILES string of the molecule is CCCCCCCCSCCCCCCCCOCCC(=O)O. The van der Waals surface area contributed by atoms with E-state index in [9.17, 15) is 4.79 Å². The molecule has 138 valence electrons. The van der Waals surface area contributed by atoms with Gasteiger partial charge in [0.25, 0.3) is 0 Å². The highest BCUT2D eigenvalue weighted by atomic mass is 32.2. The Morgan fingerprint density at radius 1 is 0.783 bits per heavy atom. The summed E-state index contributed by atoms with van der Waals surface area (Å²) in [6.07, 6.45) is 16.1. The van der Waals surface area contributed by atoms with Gasteiger partial charge in [-0.1, -0.05) is 64.7 Å². The van der Waals surface area contributed by atoms with Gasteiger partial charge in [-0.3, -0.25) is 4.79 Å². The van der Waals surface area contributed by atoms with E-state index >= 15 is 0 Å². The number of carboxylic acids is 1. The molecule has 0 radical (unpaired) electrons. The summed E-state index contributed by atoms with van der Waals surface area (Å²) in [5.74, 6) is 1.90. The number of ether oxygens (including phenoxy) is 1. The van der Waals surface area contributed by atoms with Gasteiger partial charge in [0.15, 0.2) is 0 Å². The van der Waals surface area contributed by atoms with Crippen molar-refractivity contribution in [3.63, 3.8) is 0 Å². The van der Waals surface area contributed by atoms with Crippen molar-refractivity contribution in [1.82, 2.24) is 0 Å². The molecule has 0 spiro atoms. The molecule has 0 aliphatic heterocycles. The molecule has 0 atom stereocenters. The van der Waals surface area contributed by atoms with Crippen LogP contribution >= 0.6 is 11.8 Å². The van der Waals surface area contributed by atoms with Gasteiger partial charge < -0.3 is 9.84 Å². The predicted molar refractivity (Wildman–Crippen MR) is 101 cm³/mol. The average Bonchev–Trinajstić information content (AvgIpc) is 2.53. The van der Waals surface area contributed by atoms with Gasteiger partial charge in [0.2, 0.25) is 0 Å². The van der Waals surface area contributed by atoms with E-state index in [0.29, 0.717) is 13.2 Å². The van der Waals surface area contributed by atoms with E-state index in [1.165, 1.54) is 82.1 Å². The van der Waals surface area contributed by atoms with Crippen molar-refractivity contribution >= 4 is 17.7 Å². The molecule has 0 aliphatic rings. The Morgan fingerprint density at radius 3 is 1.87 bits per heavy atom. The Kier molecular flexibility index (Phi) is 19.6. The summed E-state index contributed by atoms with van der Waals surface area (Å²) >= 11 is 2.13. The van der Waals surface area contributed by atoms with Gasteiger partial charge in [0, 0.05) is 6.61 Å². The summed E-state index contributed by atoms with van der Waals surface area (Å²) in [7, 11) is 0. The zero-order valence-electron chi connectivity index (χ0n) is 15.2. The van der Waals surface area contributed by atoms with Crippen molar-refractivity contribution in [2.75, 3.05) is 24.7 Å². The molecule has 3 nitrogen and oxygen atoms in total. The number of aliphatic carboxylic acids is 1. The Bertz CT molecular complexity index is 247. The normalized spacial score (nSPS) is 11.0. The number of carboxylic acid groups (broad SMARTS) is 1. The fraction of sp³-hybridized carbons (Fsp3) is 0.947. The summed E-state index contributed by atoms with van der Waals surface area (Å²) in [6, 6.07) is 0. The summed E-state index contributed by atoms with van der Waals surface area (Å²) in [5, 5.41) is 8.47. The third-order valence-corrected chi connectivity index (χ3v) is 5.08. The number of rotatable bonds is 19. The van der Waals surface area contributed by atoms with Crippen molar-refractivity contribution in [2.45, 2.75) is 90.4 Å². The molecule has 0 rings (SSSR count). The zero-order chi connectivity index (χ0) is 17.0. The van der Waals surface area contributed by atoms with Crippen molar-refractivity contribution in [1.29, 1.82) is 0 Å². The lowest BCUT2D eigenvalue weighted by Gasteiger charge is -2.04. The van der Waals surface area contributed by atoms with Crippen molar-refractivity contribution in [3.8, 4) is 0 Å². The predicted octanol–water partition coefficient (Wildman–Crippen LogP) is 5.91. The maximum Gasteiger partial charge on any atom is 0.305 e. The molecule has 4 heteroatoms. The highest BCUT2D eigenvalue weighted by Gasteiger charge is 1.97. The van der Waals surface area contributed by atoms with Gasteiger partial charge in [-0.2, -0.15) is 11.8 Å². The maximum absolute atomic E-state index is 10.3. The smallest absolute Gasteiger partial charge is 0.305 e. The molecule has 0 fully saturated rings. The number of thioether (sulfide) groups is 1. The zero-order valence-corrected chi connectivity index (χ0v) is 16.0. The first-order valence-electron chi connectivity index (χ1n) is 9.64. The van der Waals surface area contributed by atoms with Gasteiger partial charge >= 0.3 is 5.97 Å². The molecule has 1 N–H and O–H groups in total. The van der Waals surface area contributed by atoms with Crippen LogP contribution < -0.4 is 0 Å². The van der Waals surface area contributed by atoms with E-state index < -0.39 is 5.97 Å². The molecule has 0 unspecified atom stereocenters. The minimum Gasteiger partial charge on any atom is -0.481 e. The lowest BCUT2D eigenvalue weighted by atomic mass is 10.1. The molecule has 0 saturated carbocycles. The van der Waals surface area contributed by atoms with E-state index in [4.69, 9.17) is 9.84 Å². The van der Waals surface area contributed by atoms with Crippen LogP contribution in [0.15, 0.2) is 0 Å². The van der Waals surface area contributed by atoms with Crippen LogP contribution in [0.2, 0.25) is 0 Å². The summed E-state index contributed by atoms with van der Waals surface area (Å²) in [4.78, 5) is 10.3. The van der Waals surface area contributed by atoms with Gasteiger partial charge in [-0.25, -0.2) is 0 Å². The number of carbonyl (C=O) groups is 1. The highest BCUT2D eigenvalue weighted by molar-refractivity contribution is 7.99. The summed E-state index contributed by atoms with van der Waals surface area (Å²) in [5.41, 5.74) is 0. The van der Waals surface area contributed by atoms with Gasteiger partial charge in [0.1, 0.15) is 0 Å². The van der Waals surface area contributed by atoms with Gasteiger partial charge in [0.05, 0.1) is 13.0 Å². The molecule has 0 amide bonds. The molecule has 0 aromatic heterocycles. The summed E-state index contributed by atoms with van der Waals surface area (Å²) < 4.78 is 5.27. The Labute approximate surface area is 148 Å². The summed E-state index contributed by atoms with van der Waals surface area (Å²) in [6.45, 7) is 3.33. The third-order valence-electron chi connectivity index (χ3n) is 3.93. The van der Waals surface area contributed by atoms with E-state index in [1.807, 2.05) is 0 Å². The van der Waals surface area contributed by atoms with Crippen LogP contribution in [0.5, 0.6) is 0 Å². The second-order valence-electron chi connectivity index (χ2n) is 6.26. The maximum atomic E-state index is 10.3. The van der Waals surface area contributed by atoms with Crippen LogP contribution in [-0.4, -0.2) is 35.8 Å². The van der Waals surface area contributed by atoms with Gasteiger partial charge in [-0.05, 0) is 30.8 Å². The highest BCUT2D eigenvalue weighted by Crippen LogP contribution is 2.13. The first kappa shape index (κ1) is 22.8. The van der Waals surface area contributed by atoms with Crippen molar-refractivity contribution in [2.24, 2.45) is 0 Å². The Hall–Kier alpha value is -0.220. The Morgan fingerprint density at radius 2 is 1.30 bits per heavy atom. The standard InChI is InChI=1S/C19H38O3S/c1-2-3-4-5-9-12-17-23-18-13-10-7-6-8-11-15-22-16-14-19(20)21/h2-18H2,1H3,(H,20,21). The number of unbranched alkanes of at least 4 members (excludes halogenated alkanes) is 10. The second kappa shape index (κ2) is 19.8. The van der Waals surface area contributed by atoms with E-state index in [0.717, 1.165) is 6.42 Å². The molecule has 0 aromatic rings. The molecule has 0 aliphatic carbocycles. The molecular formula is C19H38O3S. The van der Waals surface area contributed by atoms with Crippen LogP contribution in [0.1, 0.15) is 90.4 Å². The average molecular weight is 347 g/mol. The fourth-order valence-electron chi connectivity index (χ4n) is 2.46. The molecule has 0 heterocycles. The Balaban J connectivity index is 2.96. The largest absolute Gasteiger partial charge is 0.481 e. The fourth-order valence-corrected chi connectivity index (χ4v) is 3.48. The molecule has 0 saturated heterocycles. The second-order valence-corrected chi connectivity index (χ2v) is 7.48. The molecule has 23 heavy (non-hydrogen) atoms. The van der Waals surface area contributed by atoms with Crippen LogP contribution in [0.3, 0.4) is 0 Å². The van der Waals surface area contributed by atoms with Crippen LogP contribution in [0, 0.1) is 0 Å². The lowest BCUT2D eigenvalue weighted by molar-refractivity contribution is -0.138. The van der Waals surface area contributed by atoms with Crippen molar-refractivity contribution < 1.29 is 14.6 Å². The minimum atomic E-state index is -0.778. The van der Waals surface area contributed by atoms with Crippen LogP contribution in [-0.2, 0) is 9.53 Å². The number of hydrogen-bond acceptors (Lipinski definition) is 3. The van der Waals surface area contributed by atoms with Crippen LogP contribution in [0.4, 0.5) is 0 Å². The topological polar surface area (TPSA) is 46.5 Å². The first-order valence-corrected chi connectivity index (χ1v) is 10.8. The quantitative estimate of drug-likeness (QED) is 0.295. The van der Waals surface area contributed by atoms with Crippen LogP contribution in [0.25, 0.3) is 0 Å². The van der Waals surface area contributed by atoms with Gasteiger partial charge in [-0.15, -0.1) is 0 Å². The molecular weight excluding hydrogens is 308 g/mol. The first-order chi connectivity index (χ1) is 11.3. The molecule has 0 bridgehead atoms. The van der Waals surface area contributed by atoms with E-state index in [-0.39, 0.29) is 6.42 Å². The van der Waals surface area contributed by atoms with E-state index in [1.54, 1.807) is 0 Å². The molecule has 0 aromatic carbocycles. The minimum absolute atomic E-state index is 0.121. The van der Waals surface area contributed by atoms with E-state index in [2.05, 4.69) is 18.7 Å². The third kappa shape index (κ3) is 21.8. The number of hydrogen-bond donors (Lipinski definition) is 1.